The minimum absolute atomic E-state index is 0.612. The molecule has 88 valence electrons. The van der Waals surface area contributed by atoms with Crippen LogP contribution in [0.15, 0.2) is 12.3 Å². The SMILES string of the molecule is COC(=O)Cc1c(C(F)(F)F)ccnc1F. The maximum absolute atomic E-state index is 13.1. The summed E-state index contributed by atoms with van der Waals surface area (Å²) in [4.78, 5) is 13.9. The minimum Gasteiger partial charge on any atom is -0.469 e. The van der Waals surface area contributed by atoms with Gasteiger partial charge in [-0.3, -0.25) is 4.79 Å². The van der Waals surface area contributed by atoms with E-state index in [-0.39, 0.29) is 0 Å². The molecule has 0 aromatic carbocycles. The molecule has 0 aliphatic carbocycles. The van der Waals surface area contributed by atoms with Crippen molar-refractivity contribution in [2.24, 2.45) is 0 Å². The average Bonchev–Trinajstić information content (AvgIpc) is 2.19. The maximum Gasteiger partial charge on any atom is 0.416 e. The van der Waals surface area contributed by atoms with Crippen molar-refractivity contribution in [3.8, 4) is 0 Å². The number of aromatic nitrogens is 1. The molecule has 0 radical (unpaired) electrons. The second-order valence-corrected chi connectivity index (χ2v) is 2.88. The lowest BCUT2D eigenvalue weighted by Gasteiger charge is -2.11. The molecule has 0 aliphatic heterocycles. The van der Waals surface area contributed by atoms with Crippen molar-refractivity contribution in [1.29, 1.82) is 0 Å². The molecule has 1 aromatic heterocycles. The molecule has 0 saturated heterocycles. The number of hydrogen-bond acceptors (Lipinski definition) is 3. The van der Waals surface area contributed by atoms with Crippen LogP contribution in [0.2, 0.25) is 0 Å². The Labute approximate surface area is 88.0 Å². The molecule has 1 heterocycles. The molecule has 0 bridgehead atoms. The highest BCUT2D eigenvalue weighted by Crippen LogP contribution is 2.32. The van der Waals surface area contributed by atoms with Crippen molar-refractivity contribution in [3.63, 3.8) is 0 Å². The Morgan fingerprint density at radius 2 is 2.12 bits per heavy atom. The molecular weight excluding hydrogens is 230 g/mol. The van der Waals surface area contributed by atoms with Crippen molar-refractivity contribution < 1.29 is 27.1 Å². The van der Waals surface area contributed by atoms with E-state index < -0.39 is 35.6 Å². The van der Waals surface area contributed by atoms with E-state index >= 15 is 0 Å². The number of esters is 1. The number of carbonyl (C=O) groups is 1. The molecule has 0 atom stereocenters. The topological polar surface area (TPSA) is 39.2 Å². The fourth-order valence-corrected chi connectivity index (χ4v) is 1.12. The second-order valence-electron chi connectivity index (χ2n) is 2.88. The van der Waals surface area contributed by atoms with Gasteiger partial charge in [0.05, 0.1) is 19.1 Å². The highest BCUT2D eigenvalue weighted by Gasteiger charge is 2.35. The predicted molar refractivity (Wildman–Crippen MR) is 44.9 cm³/mol. The third-order valence-corrected chi connectivity index (χ3v) is 1.86. The van der Waals surface area contributed by atoms with Crippen LogP contribution in [0, 0.1) is 5.95 Å². The van der Waals surface area contributed by atoms with E-state index in [1.807, 2.05) is 0 Å². The fraction of sp³-hybridized carbons (Fsp3) is 0.333. The van der Waals surface area contributed by atoms with E-state index in [0.29, 0.717) is 12.3 Å². The van der Waals surface area contributed by atoms with E-state index in [1.165, 1.54) is 0 Å². The molecule has 3 nitrogen and oxygen atoms in total. The first kappa shape index (κ1) is 12.4. The highest BCUT2D eigenvalue weighted by atomic mass is 19.4. The van der Waals surface area contributed by atoms with E-state index in [9.17, 15) is 22.4 Å². The molecule has 0 N–H and O–H groups in total. The zero-order chi connectivity index (χ0) is 12.3. The number of pyridine rings is 1. The molecule has 1 rings (SSSR count). The number of halogens is 4. The minimum atomic E-state index is -4.73. The summed E-state index contributed by atoms with van der Waals surface area (Å²) in [5.41, 5.74) is -2.02. The van der Waals surface area contributed by atoms with Crippen LogP contribution in [0.5, 0.6) is 0 Å². The first-order chi connectivity index (χ1) is 7.36. The lowest BCUT2D eigenvalue weighted by atomic mass is 10.1. The first-order valence-corrected chi connectivity index (χ1v) is 4.13. The van der Waals surface area contributed by atoms with Gasteiger partial charge < -0.3 is 4.74 Å². The van der Waals surface area contributed by atoms with Crippen molar-refractivity contribution in [2.45, 2.75) is 12.6 Å². The Morgan fingerprint density at radius 3 is 2.62 bits per heavy atom. The summed E-state index contributed by atoms with van der Waals surface area (Å²) in [5.74, 6) is -2.28. The monoisotopic (exact) mass is 237 g/mol. The Balaban J connectivity index is 3.19. The summed E-state index contributed by atoms with van der Waals surface area (Å²) in [6, 6.07) is 0.612. The van der Waals surface area contributed by atoms with Crippen LogP contribution in [0.4, 0.5) is 17.6 Å². The van der Waals surface area contributed by atoms with E-state index in [4.69, 9.17) is 0 Å². The van der Waals surface area contributed by atoms with Crippen LogP contribution < -0.4 is 0 Å². The van der Waals surface area contributed by atoms with Crippen LogP contribution in [0.3, 0.4) is 0 Å². The number of rotatable bonds is 2. The van der Waals surface area contributed by atoms with Crippen molar-refractivity contribution in [2.75, 3.05) is 7.11 Å². The molecule has 0 saturated carbocycles. The van der Waals surface area contributed by atoms with Gasteiger partial charge >= 0.3 is 12.1 Å². The van der Waals surface area contributed by atoms with Crippen LogP contribution in [0.1, 0.15) is 11.1 Å². The molecular formula is C9H7F4NO2. The Kier molecular flexibility index (Phi) is 3.46. The molecule has 7 heteroatoms. The summed E-state index contributed by atoms with van der Waals surface area (Å²) in [6.45, 7) is 0. The molecule has 0 amide bonds. The fourth-order valence-electron chi connectivity index (χ4n) is 1.12. The average molecular weight is 237 g/mol. The zero-order valence-corrected chi connectivity index (χ0v) is 8.14. The van der Waals surface area contributed by atoms with Gasteiger partial charge in [0, 0.05) is 11.8 Å². The van der Waals surface area contributed by atoms with Crippen molar-refractivity contribution in [3.05, 3.63) is 29.3 Å². The second kappa shape index (κ2) is 4.46. The van der Waals surface area contributed by atoms with Gasteiger partial charge in [-0.2, -0.15) is 17.6 Å². The first-order valence-electron chi connectivity index (χ1n) is 4.13. The smallest absolute Gasteiger partial charge is 0.416 e. The number of ether oxygens (including phenoxy) is 1. The molecule has 16 heavy (non-hydrogen) atoms. The van der Waals surface area contributed by atoms with Gasteiger partial charge in [0.15, 0.2) is 0 Å². The van der Waals surface area contributed by atoms with Gasteiger partial charge in [-0.1, -0.05) is 0 Å². The summed E-state index contributed by atoms with van der Waals surface area (Å²) >= 11 is 0. The van der Waals surface area contributed by atoms with Gasteiger partial charge in [-0.25, -0.2) is 4.98 Å². The van der Waals surface area contributed by atoms with Crippen LogP contribution in [-0.4, -0.2) is 18.1 Å². The van der Waals surface area contributed by atoms with Gasteiger partial charge in [0.1, 0.15) is 0 Å². The Bertz CT molecular complexity index is 403. The number of nitrogens with zero attached hydrogens (tertiary/aromatic N) is 1. The molecule has 0 aliphatic rings. The number of alkyl halides is 3. The molecule has 0 fully saturated rings. The predicted octanol–water partition coefficient (Wildman–Crippen LogP) is 1.95. The maximum atomic E-state index is 13.1. The number of methoxy groups -OCH3 is 1. The molecule has 1 aromatic rings. The largest absolute Gasteiger partial charge is 0.469 e. The van der Waals surface area contributed by atoms with E-state index in [0.717, 1.165) is 7.11 Å². The van der Waals surface area contributed by atoms with Crippen LogP contribution >= 0.6 is 0 Å². The third kappa shape index (κ3) is 2.68. The summed E-state index contributed by atoms with van der Waals surface area (Å²) in [5, 5.41) is 0. The zero-order valence-electron chi connectivity index (χ0n) is 8.14. The molecule has 0 unspecified atom stereocenters. The number of carbonyl (C=O) groups excluding carboxylic acids is 1. The summed E-state index contributed by atoms with van der Waals surface area (Å²) in [7, 11) is 1.00. The number of hydrogen-bond donors (Lipinski definition) is 0. The standard InChI is InChI=1S/C9H7F4NO2/c1-16-7(15)4-5-6(9(11,12)13)2-3-14-8(5)10/h2-3H,4H2,1H3. The Hall–Kier alpha value is -1.66. The van der Waals surface area contributed by atoms with Gasteiger partial charge in [-0.15, -0.1) is 0 Å². The highest BCUT2D eigenvalue weighted by molar-refractivity contribution is 5.72. The normalized spacial score (nSPS) is 11.3. The van der Waals surface area contributed by atoms with Crippen molar-refractivity contribution in [1.82, 2.24) is 4.98 Å². The summed E-state index contributed by atoms with van der Waals surface area (Å²) < 4.78 is 54.5. The van der Waals surface area contributed by atoms with Gasteiger partial charge in [-0.05, 0) is 6.07 Å². The van der Waals surface area contributed by atoms with Gasteiger partial charge in [0.25, 0.3) is 0 Å². The lowest BCUT2D eigenvalue weighted by molar-refractivity contribution is -0.141. The third-order valence-electron chi connectivity index (χ3n) is 1.86. The van der Waals surface area contributed by atoms with E-state index in [1.54, 1.807) is 0 Å². The molecule has 0 spiro atoms. The quantitative estimate of drug-likeness (QED) is 0.448. The van der Waals surface area contributed by atoms with Crippen LogP contribution in [-0.2, 0) is 22.1 Å². The van der Waals surface area contributed by atoms with Crippen molar-refractivity contribution >= 4 is 5.97 Å². The summed E-state index contributed by atoms with van der Waals surface area (Å²) in [6.07, 6.45) is -4.84. The van der Waals surface area contributed by atoms with Crippen LogP contribution in [0.25, 0.3) is 0 Å². The Morgan fingerprint density at radius 1 is 1.50 bits per heavy atom. The van der Waals surface area contributed by atoms with Gasteiger partial charge in [0.2, 0.25) is 5.95 Å². The van der Waals surface area contributed by atoms with E-state index in [2.05, 4.69) is 9.72 Å². The lowest BCUT2D eigenvalue weighted by Crippen LogP contribution is -2.15.